The summed E-state index contributed by atoms with van der Waals surface area (Å²) in [4.78, 5) is 14.6. The largest absolute Gasteiger partial charge is 0.383 e. The number of para-hydroxylation sites is 1. The second-order valence-corrected chi connectivity index (χ2v) is 7.19. The number of morpholine rings is 1. The third-order valence-corrected chi connectivity index (χ3v) is 5.01. The van der Waals surface area contributed by atoms with Gasteiger partial charge in [0.25, 0.3) is 0 Å². The van der Waals surface area contributed by atoms with Gasteiger partial charge in [-0.05, 0) is 43.7 Å². The monoisotopic (exact) mass is 382 g/mol. The van der Waals surface area contributed by atoms with Crippen molar-refractivity contribution < 1.29 is 9.53 Å². The van der Waals surface area contributed by atoms with Crippen molar-refractivity contribution in [1.82, 2.24) is 10.2 Å². The minimum absolute atomic E-state index is 0.000761. The van der Waals surface area contributed by atoms with Crippen LogP contribution >= 0.6 is 0 Å². The van der Waals surface area contributed by atoms with Gasteiger partial charge in [0.05, 0.1) is 13.2 Å². The van der Waals surface area contributed by atoms with Crippen molar-refractivity contribution in [2.75, 3.05) is 43.5 Å². The Morgan fingerprint density at radius 1 is 1.00 bits per heavy atom. The molecule has 2 aromatic carbocycles. The molecule has 0 radical (unpaired) electrons. The van der Waals surface area contributed by atoms with Gasteiger partial charge in [-0.15, -0.1) is 0 Å². The van der Waals surface area contributed by atoms with Crippen LogP contribution in [-0.2, 0) is 4.74 Å². The van der Waals surface area contributed by atoms with Crippen molar-refractivity contribution in [2.24, 2.45) is 0 Å². The van der Waals surface area contributed by atoms with Crippen molar-refractivity contribution in [1.29, 1.82) is 0 Å². The van der Waals surface area contributed by atoms with Crippen LogP contribution in [0.2, 0.25) is 0 Å². The van der Waals surface area contributed by atoms with E-state index in [1.807, 2.05) is 49.4 Å². The summed E-state index contributed by atoms with van der Waals surface area (Å²) in [6, 6.07) is 18.2. The number of benzene rings is 2. The molecule has 150 valence electrons. The van der Waals surface area contributed by atoms with E-state index in [-0.39, 0.29) is 12.1 Å². The van der Waals surface area contributed by atoms with Crippen LogP contribution in [0.15, 0.2) is 54.6 Å². The van der Waals surface area contributed by atoms with Gasteiger partial charge in [0.1, 0.15) is 0 Å². The molecule has 6 heteroatoms. The maximum atomic E-state index is 12.2. The number of rotatable bonds is 7. The summed E-state index contributed by atoms with van der Waals surface area (Å²) in [5.41, 5.74) is 3.08. The molecule has 1 fully saturated rings. The predicted octanol–water partition coefficient (Wildman–Crippen LogP) is 3.70. The number of anilines is 2. The van der Waals surface area contributed by atoms with E-state index < -0.39 is 0 Å². The molecule has 1 saturated heterocycles. The Labute approximate surface area is 167 Å². The molecular weight excluding hydrogens is 352 g/mol. The number of amides is 2. The van der Waals surface area contributed by atoms with E-state index in [4.69, 9.17) is 4.74 Å². The van der Waals surface area contributed by atoms with Crippen LogP contribution in [0, 0.1) is 0 Å². The fourth-order valence-corrected chi connectivity index (χ4v) is 3.29. The summed E-state index contributed by atoms with van der Waals surface area (Å²) in [6.07, 6.45) is 0. The topological polar surface area (TPSA) is 65.6 Å². The molecule has 0 spiro atoms. The summed E-state index contributed by atoms with van der Waals surface area (Å²) in [5, 5.41) is 9.17. The number of nitrogens with zero attached hydrogens (tertiary/aromatic N) is 1. The van der Waals surface area contributed by atoms with Crippen molar-refractivity contribution in [3.63, 3.8) is 0 Å². The number of carbonyl (C=O) groups excluding carboxylic acids is 1. The van der Waals surface area contributed by atoms with E-state index in [1.54, 1.807) is 0 Å². The molecule has 0 bridgehead atoms. The molecule has 3 N–H and O–H groups in total. The average molecular weight is 383 g/mol. The first-order chi connectivity index (χ1) is 13.6. The van der Waals surface area contributed by atoms with Crippen molar-refractivity contribution in [2.45, 2.75) is 25.9 Å². The van der Waals surface area contributed by atoms with E-state index in [9.17, 15) is 4.79 Å². The zero-order valence-corrected chi connectivity index (χ0v) is 16.7. The number of hydrogen-bond acceptors (Lipinski definition) is 4. The molecular formula is C22H30N4O2. The van der Waals surface area contributed by atoms with E-state index in [2.05, 4.69) is 39.9 Å². The summed E-state index contributed by atoms with van der Waals surface area (Å²) >= 11 is 0. The molecule has 2 atom stereocenters. The van der Waals surface area contributed by atoms with Crippen LogP contribution in [0.25, 0.3) is 0 Å². The smallest absolute Gasteiger partial charge is 0.319 e. The zero-order chi connectivity index (χ0) is 19.8. The van der Waals surface area contributed by atoms with Gasteiger partial charge in [-0.1, -0.05) is 30.3 Å². The molecule has 0 saturated carbocycles. The molecule has 28 heavy (non-hydrogen) atoms. The molecule has 0 aliphatic carbocycles. The minimum Gasteiger partial charge on any atom is -0.383 e. The van der Waals surface area contributed by atoms with Gasteiger partial charge < -0.3 is 20.7 Å². The summed E-state index contributed by atoms with van der Waals surface area (Å²) in [5.74, 6) is 0. The lowest BCUT2D eigenvalue weighted by Gasteiger charge is -2.32. The molecule has 2 aromatic rings. The van der Waals surface area contributed by atoms with Crippen LogP contribution < -0.4 is 16.0 Å². The lowest BCUT2D eigenvalue weighted by atomic mass is 10.1. The van der Waals surface area contributed by atoms with Gasteiger partial charge in [-0.25, -0.2) is 4.79 Å². The minimum atomic E-state index is -0.198. The quantitative estimate of drug-likeness (QED) is 0.683. The van der Waals surface area contributed by atoms with Crippen molar-refractivity contribution >= 4 is 17.4 Å². The lowest BCUT2D eigenvalue weighted by Crippen LogP contribution is -2.40. The Hall–Kier alpha value is -2.57. The summed E-state index contributed by atoms with van der Waals surface area (Å²) < 4.78 is 5.42. The fourth-order valence-electron chi connectivity index (χ4n) is 3.29. The van der Waals surface area contributed by atoms with Gasteiger partial charge in [0, 0.05) is 43.1 Å². The van der Waals surface area contributed by atoms with Crippen LogP contribution in [0.5, 0.6) is 0 Å². The van der Waals surface area contributed by atoms with Gasteiger partial charge in [0.2, 0.25) is 0 Å². The first kappa shape index (κ1) is 20.2. The van der Waals surface area contributed by atoms with Crippen LogP contribution in [0.3, 0.4) is 0 Å². The first-order valence-corrected chi connectivity index (χ1v) is 9.90. The summed E-state index contributed by atoms with van der Waals surface area (Å²) in [6.45, 7) is 8.35. The standard InChI is InChI=1S/C22H30N4O2/c1-17(16-23-20-6-4-3-5-7-20)24-22(27)25-21-10-8-19(9-11-21)18(2)26-12-14-28-15-13-26/h3-11,17-18,23H,12-16H2,1-2H3,(H2,24,25,27)/t17-,18-/m0/s1. The van der Waals surface area contributed by atoms with Gasteiger partial charge in [-0.2, -0.15) is 0 Å². The van der Waals surface area contributed by atoms with E-state index >= 15 is 0 Å². The molecule has 1 heterocycles. The highest BCUT2D eigenvalue weighted by Gasteiger charge is 2.18. The van der Waals surface area contributed by atoms with E-state index in [0.29, 0.717) is 12.6 Å². The number of hydrogen-bond donors (Lipinski definition) is 3. The molecule has 1 aliphatic heterocycles. The van der Waals surface area contributed by atoms with Crippen LogP contribution in [-0.4, -0.2) is 49.8 Å². The second-order valence-electron chi connectivity index (χ2n) is 7.19. The number of carbonyl (C=O) groups is 1. The number of nitrogens with one attached hydrogen (secondary N) is 3. The lowest BCUT2D eigenvalue weighted by molar-refractivity contribution is 0.0198. The Balaban J connectivity index is 1.44. The van der Waals surface area contributed by atoms with Crippen molar-refractivity contribution in [3.05, 3.63) is 60.2 Å². The molecule has 3 rings (SSSR count). The SMILES string of the molecule is C[C@@H](CNc1ccccc1)NC(=O)Nc1ccc([C@H](C)N2CCOCC2)cc1. The average Bonchev–Trinajstić information content (AvgIpc) is 2.73. The molecule has 1 aliphatic rings. The number of urea groups is 1. The Kier molecular flexibility index (Phi) is 7.28. The van der Waals surface area contributed by atoms with Crippen molar-refractivity contribution in [3.8, 4) is 0 Å². The highest BCUT2D eigenvalue weighted by atomic mass is 16.5. The maximum absolute atomic E-state index is 12.2. The highest BCUT2D eigenvalue weighted by Crippen LogP contribution is 2.22. The molecule has 6 nitrogen and oxygen atoms in total. The van der Waals surface area contributed by atoms with Crippen LogP contribution in [0.1, 0.15) is 25.5 Å². The third-order valence-electron chi connectivity index (χ3n) is 5.01. The first-order valence-electron chi connectivity index (χ1n) is 9.90. The summed E-state index contributed by atoms with van der Waals surface area (Å²) in [7, 11) is 0. The normalized spacial score (nSPS) is 16.8. The molecule has 2 amide bonds. The van der Waals surface area contributed by atoms with Gasteiger partial charge >= 0.3 is 6.03 Å². The second kappa shape index (κ2) is 10.1. The van der Waals surface area contributed by atoms with E-state index in [0.717, 1.165) is 37.7 Å². The Morgan fingerprint density at radius 2 is 1.68 bits per heavy atom. The predicted molar refractivity (Wildman–Crippen MR) is 114 cm³/mol. The zero-order valence-electron chi connectivity index (χ0n) is 16.7. The van der Waals surface area contributed by atoms with E-state index in [1.165, 1.54) is 5.56 Å². The Bertz CT molecular complexity index is 730. The number of ether oxygens (including phenoxy) is 1. The maximum Gasteiger partial charge on any atom is 0.319 e. The molecule has 0 aromatic heterocycles. The Morgan fingerprint density at radius 3 is 2.36 bits per heavy atom. The third kappa shape index (κ3) is 5.97. The van der Waals surface area contributed by atoms with Crippen LogP contribution in [0.4, 0.5) is 16.2 Å². The van der Waals surface area contributed by atoms with Gasteiger partial charge in [-0.3, -0.25) is 4.90 Å². The molecule has 0 unspecified atom stereocenters. The fraction of sp³-hybridized carbons (Fsp3) is 0.409. The van der Waals surface area contributed by atoms with Gasteiger partial charge in [0.15, 0.2) is 0 Å². The highest BCUT2D eigenvalue weighted by molar-refractivity contribution is 5.89.